The topological polar surface area (TPSA) is 50.7 Å². The molecule has 140 valence electrons. The predicted molar refractivity (Wildman–Crippen MR) is 113 cm³/mol. The van der Waals surface area contributed by atoms with Gasteiger partial charge >= 0.3 is 0 Å². The molecule has 0 aliphatic heterocycles. The second-order valence-corrected chi connectivity index (χ2v) is 6.40. The van der Waals surface area contributed by atoms with Crippen LogP contribution in [0.1, 0.15) is 28.4 Å². The van der Waals surface area contributed by atoms with E-state index in [4.69, 9.17) is 16.3 Å². The number of aryl methyl sites for hydroxylation is 1. The molecule has 2 aromatic carbocycles. The Balaban J connectivity index is 2.04. The van der Waals surface area contributed by atoms with E-state index < -0.39 is 0 Å². The molecule has 0 radical (unpaired) electrons. The molecule has 1 amide bonds. The normalized spacial score (nSPS) is 11.9. The van der Waals surface area contributed by atoms with Crippen molar-refractivity contribution >= 4 is 29.9 Å². The second-order valence-electron chi connectivity index (χ2n) is 5.99. The number of halogens is 1. The Bertz CT molecular complexity index is 884. The molecule has 0 heterocycles. The fourth-order valence-electron chi connectivity index (χ4n) is 2.41. The third-order valence-electron chi connectivity index (χ3n) is 4.17. The summed E-state index contributed by atoms with van der Waals surface area (Å²) >= 11 is 6.12. The molecule has 5 heteroatoms. The van der Waals surface area contributed by atoms with Crippen LogP contribution in [0.3, 0.4) is 0 Å². The molecule has 1 N–H and O–H groups in total. The highest BCUT2D eigenvalue weighted by Crippen LogP contribution is 2.21. The number of anilines is 1. The van der Waals surface area contributed by atoms with E-state index in [2.05, 4.69) is 17.0 Å². The molecule has 0 spiro atoms. The first-order valence-electron chi connectivity index (χ1n) is 8.53. The molecule has 0 atom stereocenters. The van der Waals surface area contributed by atoms with Crippen LogP contribution < -0.4 is 10.1 Å². The minimum atomic E-state index is -0.163. The standard InChI is InChI=1S/C22H23ClN2O2/c1-5-20(23)18(13-24-4)14-27-19-11-9-17(10-12-19)22(26)25-21-8-6-7-15(2)16(21)3/h5-13H,4,14H2,1-3H3,(H,25,26)/b18-13-,20-5+. The van der Waals surface area contributed by atoms with Gasteiger partial charge in [-0.3, -0.25) is 9.79 Å². The number of hydrogen-bond acceptors (Lipinski definition) is 3. The monoisotopic (exact) mass is 382 g/mol. The smallest absolute Gasteiger partial charge is 0.255 e. The van der Waals surface area contributed by atoms with Gasteiger partial charge in [0.1, 0.15) is 12.4 Å². The number of benzene rings is 2. The van der Waals surface area contributed by atoms with Crippen LogP contribution in [0, 0.1) is 13.8 Å². The van der Waals surface area contributed by atoms with Crippen LogP contribution >= 0.6 is 11.6 Å². The van der Waals surface area contributed by atoms with Crippen molar-refractivity contribution < 1.29 is 9.53 Å². The van der Waals surface area contributed by atoms with E-state index >= 15 is 0 Å². The minimum absolute atomic E-state index is 0.163. The molecule has 0 aliphatic carbocycles. The molecule has 0 bridgehead atoms. The Labute approximate surface area is 165 Å². The summed E-state index contributed by atoms with van der Waals surface area (Å²) in [6.45, 7) is 9.54. The summed E-state index contributed by atoms with van der Waals surface area (Å²) in [5.74, 6) is 0.470. The zero-order valence-corrected chi connectivity index (χ0v) is 16.5. The highest BCUT2D eigenvalue weighted by Gasteiger charge is 2.09. The lowest BCUT2D eigenvalue weighted by Crippen LogP contribution is -2.13. The van der Waals surface area contributed by atoms with Gasteiger partial charge in [0.05, 0.1) is 0 Å². The van der Waals surface area contributed by atoms with Gasteiger partial charge in [-0.05, 0) is 68.9 Å². The third kappa shape index (κ3) is 5.56. The van der Waals surface area contributed by atoms with Crippen LogP contribution in [0.25, 0.3) is 0 Å². The van der Waals surface area contributed by atoms with Gasteiger partial charge < -0.3 is 10.1 Å². The maximum atomic E-state index is 12.5. The molecule has 0 saturated heterocycles. The molecule has 0 aliphatic rings. The maximum Gasteiger partial charge on any atom is 0.255 e. The molecule has 0 saturated carbocycles. The Morgan fingerprint density at radius 2 is 1.93 bits per heavy atom. The van der Waals surface area contributed by atoms with Gasteiger partial charge in [-0.25, -0.2) is 0 Å². The first-order valence-corrected chi connectivity index (χ1v) is 8.91. The van der Waals surface area contributed by atoms with Crippen LogP contribution in [-0.4, -0.2) is 19.2 Å². The summed E-state index contributed by atoms with van der Waals surface area (Å²) in [5, 5.41) is 3.51. The lowest BCUT2D eigenvalue weighted by atomic mass is 10.1. The Kier molecular flexibility index (Phi) is 7.38. The molecule has 2 aromatic rings. The number of carbonyl (C=O) groups is 1. The van der Waals surface area contributed by atoms with Crippen LogP contribution in [0.5, 0.6) is 5.75 Å². The molecule has 0 aromatic heterocycles. The Morgan fingerprint density at radius 1 is 1.22 bits per heavy atom. The van der Waals surface area contributed by atoms with Crippen molar-refractivity contribution in [3.8, 4) is 5.75 Å². The minimum Gasteiger partial charge on any atom is -0.489 e. The van der Waals surface area contributed by atoms with Crippen molar-refractivity contribution in [2.75, 3.05) is 11.9 Å². The zero-order valence-electron chi connectivity index (χ0n) is 15.8. The van der Waals surface area contributed by atoms with E-state index in [1.165, 1.54) is 0 Å². The van der Waals surface area contributed by atoms with Crippen molar-refractivity contribution in [1.29, 1.82) is 0 Å². The molecule has 4 nitrogen and oxygen atoms in total. The fraction of sp³-hybridized carbons (Fsp3) is 0.182. The van der Waals surface area contributed by atoms with Gasteiger partial charge in [-0.1, -0.05) is 29.8 Å². The molecule has 2 rings (SSSR count). The summed E-state index contributed by atoms with van der Waals surface area (Å²) in [5.41, 5.74) is 4.29. The molecular weight excluding hydrogens is 360 g/mol. The van der Waals surface area contributed by atoms with Crippen molar-refractivity contribution in [3.05, 3.63) is 82.0 Å². The number of carbonyl (C=O) groups excluding carboxylic acids is 1. The number of nitrogens with zero attached hydrogens (tertiary/aromatic N) is 1. The molecule has 27 heavy (non-hydrogen) atoms. The van der Waals surface area contributed by atoms with Crippen LogP contribution in [0.15, 0.2) is 70.3 Å². The summed E-state index contributed by atoms with van der Waals surface area (Å²) in [4.78, 5) is 16.2. The van der Waals surface area contributed by atoms with Crippen molar-refractivity contribution in [2.24, 2.45) is 4.99 Å². The summed E-state index contributed by atoms with van der Waals surface area (Å²) < 4.78 is 5.72. The van der Waals surface area contributed by atoms with E-state index in [1.807, 2.05) is 39.0 Å². The largest absolute Gasteiger partial charge is 0.489 e. The van der Waals surface area contributed by atoms with Crippen molar-refractivity contribution in [2.45, 2.75) is 20.8 Å². The molecule has 0 fully saturated rings. The van der Waals surface area contributed by atoms with Gasteiger partial charge in [0, 0.05) is 28.1 Å². The zero-order chi connectivity index (χ0) is 19.8. The first kappa shape index (κ1) is 20.5. The van der Waals surface area contributed by atoms with Crippen molar-refractivity contribution in [3.63, 3.8) is 0 Å². The highest BCUT2D eigenvalue weighted by molar-refractivity contribution is 6.32. The number of amides is 1. The number of rotatable bonds is 7. The Morgan fingerprint density at radius 3 is 2.56 bits per heavy atom. The number of hydrogen-bond donors (Lipinski definition) is 1. The highest BCUT2D eigenvalue weighted by atomic mass is 35.5. The average Bonchev–Trinajstić information content (AvgIpc) is 2.68. The molecule has 0 unspecified atom stereocenters. The predicted octanol–water partition coefficient (Wildman–Crippen LogP) is 5.66. The molecular formula is C22H23ClN2O2. The lowest BCUT2D eigenvalue weighted by Gasteiger charge is -2.11. The maximum absolute atomic E-state index is 12.5. The Hall–Kier alpha value is -2.85. The third-order valence-corrected chi connectivity index (χ3v) is 4.63. The number of allylic oxidation sites excluding steroid dienone is 1. The lowest BCUT2D eigenvalue weighted by molar-refractivity contribution is 0.102. The summed E-state index contributed by atoms with van der Waals surface area (Å²) in [7, 11) is 0. The quantitative estimate of drug-likeness (QED) is 0.496. The van der Waals surface area contributed by atoms with Crippen LogP contribution in [-0.2, 0) is 0 Å². The van der Waals surface area contributed by atoms with Gasteiger partial charge in [-0.15, -0.1) is 0 Å². The number of ether oxygens (including phenoxy) is 1. The number of aliphatic imine (C=N–C) groups is 1. The van der Waals surface area contributed by atoms with E-state index in [1.54, 1.807) is 36.5 Å². The van der Waals surface area contributed by atoms with Gasteiger partial charge in [0.25, 0.3) is 5.91 Å². The van der Waals surface area contributed by atoms with E-state index in [0.717, 1.165) is 22.4 Å². The SMILES string of the molecule is C=N/C=C(COc1ccc(C(=O)Nc2cccc(C)c2C)cc1)\C(Cl)=C/C. The van der Waals surface area contributed by atoms with E-state index in [-0.39, 0.29) is 12.5 Å². The van der Waals surface area contributed by atoms with Gasteiger partial charge in [0.2, 0.25) is 0 Å². The van der Waals surface area contributed by atoms with Gasteiger partial charge in [0.15, 0.2) is 0 Å². The first-order chi connectivity index (χ1) is 13.0. The summed E-state index contributed by atoms with van der Waals surface area (Å²) in [6, 6.07) is 12.8. The number of nitrogens with one attached hydrogen (secondary N) is 1. The van der Waals surface area contributed by atoms with Crippen LogP contribution in [0.2, 0.25) is 0 Å². The average molecular weight is 383 g/mol. The van der Waals surface area contributed by atoms with E-state index in [9.17, 15) is 4.79 Å². The summed E-state index contributed by atoms with van der Waals surface area (Å²) in [6.07, 6.45) is 3.33. The second kappa shape index (κ2) is 9.74. The van der Waals surface area contributed by atoms with Gasteiger partial charge in [-0.2, -0.15) is 0 Å². The van der Waals surface area contributed by atoms with E-state index in [0.29, 0.717) is 16.3 Å². The fourth-order valence-corrected chi connectivity index (χ4v) is 2.51. The van der Waals surface area contributed by atoms with Crippen molar-refractivity contribution in [1.82, 2.24) is 0 Å². The van der Waals surface area contributed by atoms with Crippen LogP contribution in [0.4, 0.5) is 5.69 Å².